The van der Waals surface area contributed by atoms with Gasteiger partial charge in [0, 0.05) is 19.2 Å². The second kappa shape index (κ2) is 8.54. The fourth-order valence-corrected chi connectivity index (χ4v) is 2.92. The summed E-state index contributed by atoms with van der Waals surface area (Å²) >= 11 is 0. The van der Waals surface area contributed by atoms with E-state index in [2.05, 4.69) is 27.0 Å². The first-order valence-corrected chi connectivity index (χ1v) is 8.74. The molecular formula is C21H23N3O2. The molecule has 0 bridgehead atoms. The van der Waals surface area contributed by atoms with Crippen LogP contribution in [-0.4, -0.2) is 27.7 Å². The number of nitrogens with zero attached hydrogens (tertiary/aromatic N) is 3. The van der Waals surface area contributed by atoms with Crippen molar-refractivity contribution in [2.24, 2.45) is 0 Å². The number of hydrogen-bond acceptors (Lipinski definition) is 5. The van der Waals surface area contributed by atoms with Gasteiger partial charge in [0.15, 0.2) is 5.76 Å². The van der Waals surface area contributed by atoms with Crippen LogP contribution in [0.1, 0.15) is 37.3 Å². The Labute approximate surface area is 153 Å². The Hall–Kier alpha value is -2.79. The molecule has 3 rings (SSSR count). The van der Waals surface area contributed by atoms with Gasteiger partial charge in [0.25, 0.3) is 0 Å². The largest absolute Gasteiger partial charge is 0.437 e. The smallest absolute Gasteiger partial charge is 0.212 e. The monoisotopic (exact) mass is 349 g/mol. The third kappa shape index (κ3) is 4.64. The highest BCUT2D eigenvalue weighted by Gasteiger charge is 2.23. The molecule has 0 aliphatic rings. The Bertz CT molecular complexity index is 831. The zero-order valence-corrected chi connectivity index (χ0v) is 15.1. The molecule has 0 spiro atoms. The van der Waals surface area contributed by atoms with Crippen molar-refractivity contribution >= 4 is 5.78 Å². The van der Waals surface area contributed by atoms with Crippen LogP contribution in [0.4, 0.5) is 0 Å². The highest BCUT2D eigenvalue weighted by Crippen LogP contribution is 2.28. The molecule has 0 amide bonds. The number of aromatic nitrogens is 2. The van der Waals surface area contributed by atoms with Crippen LogP contribution in [0.2, 0.25) is 0 Å². The fraction of sp³-hybridized carbons (Fsp3) is 0.286. The van der Waals surface area contributed by atoms with Gasteiger partial charge in [-0.1, -0.05) is 36.4 Å². The van der Waals surface area contributed by atoms with Crippen LogP contribution < -0.4 is 0 Å². The number of Topliss-reactive ketones (excluding diaryl/α,β-unsaturated/α-hetero) is 1. The number of benzene rings is 1. The van der Waals surface area contributed by atoms with Gasteiger partial charge in [-0.05, 0) is 38.1 Å². The summed E-state index contributed by atoms with van der Waals surface area (Å²) in [4.78, 5) is 22.5. The first kappa shape index (κ1) is 18.0. The zero-order chi connectivity index (χ0) is 18.4. The normalized spacial score (nSPS) is 12.3. The van der Waals surface area contributed by atoms with E-state index in [1.54, 1.807) is 19.3 Å². The van der Waals surface area contributed by atoms with E-state index in [4.69, 9.17) is 4.42 Å². The van der Waals surface area contributed by atoms with Gasteiger partial charge in [-0.15, -0.1) is 0 Å². The maximum Gasteiger partial charge on any atom is 0.212 e. The van der Waals surface area contributed by atoms with Crippen molar-refractivity contribution in [1.82, 2.24) is 14.9 Å². The molecule has 0 saturated carbocycles. The second-order valence-corrected chi connectivity index (χ2v) is 6.43. The van der Waals surface area contributed by atoms with Crippen molar-refractivity contribution in [2.45, 2.75) is 32.4 Å². The van der Waals surface area contributed by atoms with Crippen molar-refractivity contribution in [1.29, 1.82) is 0 Å². The molecule has 1 unspecified atom stereocenters. The van der Waals surface area contributed by atoms with Gasteiger partial charge in [0.1, 0.15) is 11.5 Å². The average Bonchev–Trinajstić information content (AvgIpc) is 3.13. The van der Waals surface area contributed by atoms with Crippen molar-refractivity contribution in [3.05, 3.63) is 72.4 Å². The van der Waals surface area contributed by atoms with Crippen LogP contribution in [0.15, 0.2) is 65.3 Å². The molecule has 0 radical (unpaired) electrons. The van der Waals surface area contributed by atoms with Crippen molar-refractivity contribution in [3.8, 4) is 11.5 Å². The lowest BCUT2D eigenvalue weighted by atomic mass is 10.1. The summed E-state index contributed by atoms with van der Waals surface area (Å²) in [5, 5.41) is 0. The molecule has 0 aliphatic heterocycles. The number of oxazole rings is 1. The summed E-state index contributed by atoms with van der Waals surface area (Å²) in [5.41, 5.74) is 1.96. The molecule has 0 N–H and O–H groups in total. The minimum absolute atomic E-state index is 0.0726. The predicted molar refractivity (Wildman–Crippen MR) is 100 cm³/mol. The van der Waals surface area contributed by atoms with Gasteiger partial charge < -0.3 is 9.21 Å². The number of rotatable bonds is 8. The standard InChI is InChI=1S/C21H23N3O2/c1-16(25)11-12-19(24(2)15-17-8-4-3-5-9-17)21-23-14-20(26-21)18-10-6-7-13-22-18/h3-10,13-14,19H,11-12,15H2,1-2H3. The number of carbonyl (C=O) groups excluding carboxylic acids is 1. The second-order valence-electron chi connectivity index (χ2n) is 6.43. The fourth-order valence-electron chi connectivity index (χ4n) is 2.92. The first-order chi connectivity index (χ1) is 12.6. The Balaban J connectivity index is 1.81. The topological polar surface area (TPSA) is 59.2 Å². The predicted octanol–water partition coefficient (Wildman–Crippen LogP) is 4.28. The summed E-state index contributed by atoms with van der Waals surface area (Å²) in [5.74, 6) is 1.42. The van der Waals surface area contributed by atoms with Gasteiger partial charge >= 0.3 is 0 Å². The number of ketones is 1. The Kier molecular flexibility index (Phi) is 5.92. The van der Waals surface area contributed by atoms with Crippen LogP contribution in [0.3, 0.4) is 0 Å². The molecule has 0 aliphatic carbocycles. The van der Waals surface area contributed by atoms with Gasteiger partial charge in [-0.25, -0.2) is 4.98 Å². The lowest BCUT2D eigenvalue weighted by Crippen LogP contribution is -2.25. The van der Waals surface area contributed by atoms with Gasteiger partial charge in [0.05, 0.1) is 12.2 Å². The molecule has 5 nitrogen and oxygen atoms in total. The molecule has 5 heteroatoms. The summed E-state index contributed by atoms with van der Waals surface area (Å²) in [6, 6.07) is 15.8. The van der Waals surface area contributed by atoms with E-state index in [1.807, 2.05) is 43.4 Å². The Morgan fingerprint density at radius 2 is 1.88 bits per heavy atom. The maximum absolute atomic E-state index is 11.5. The zero-order valence-electron chi connectivity index (χ0n) is 15.1. The molecule has 2 heterocycles. The van der Waals surface area contributed by atoms with Crippen molar-refractivity contribution < 1.29 is 9.21 Å². The van der Waals surface area contributed by atoms with E-state index in [9.17, 15) is 4.79 Å². The van der Waals surface area contributed by atoms with Crippen molar-refractivity contribution in [3.63, 3.8) is 0 Å². The number of carbonyl (C=O) groups is 1. The first-order valence-electron chi connectivity index (χ1n) is 8.74. The minimum Gasteiger partial charge on any atom is -0.437 e. The molecule has 0 saturated heterocycles. The highest BCUT2D eigenvalue weighted by molar-refractivity contribution is 5.75. The van der Waals surface area contributed by atoms with Gasteiger partial charge in [-0.2, -0.15) is 0 Å². The van der Waals surface area contributed by atoms with E-state index in [1.165, 1.54) is 5.56 Å². The lowest BCUT2D eigenvalue weighted by molar-refractivity contribution is -0.117. The van der Waals surface area contributed by atoms with Gasteiger partial charge in [-0.3, -0.25) is 9.88 Å². The third-order valence-electron chi connectivity index (χ3n) is 4.30. The quantitative estimate of drug-likeness (QED) is 0.607. The summed E-state index contributed by atoms with van der Waals surface area (Å²) in [6.07, 6.45) is 4.59. The van der Waals surface area contributed by atoms with Crippen LogP contribution in [0.25, 0.3) is 11.5 Å². The molecular weight excluding hydrogens is 326 g/mol. The highest BCUT2D eigenvalue weighted by atomic mass is 16.4. The summed E-state index contributed by atoms with van der Waals surface area (Å²) < 4.78 is 6.00. The molecule has 0 fully saturated rings. The van der Waals surface area contributed by atoms with E-state index in [-0.39, 0.29) is 11.8 Å². The third-order valence-corrected chi connectivity index (χ3v) is 4.30. The van der Waals surface area contributed by atoms with E-state index in [0.717, 1.165) is 12.2 Å². The van der Waals surface area contributed by atoms with E-state index in [0.29, 0.717) is 24.5 Å². The van der Waals surface area contributed by atoms with Crippen LogP contribution >= 0.6 is 0 Å². The Morgan fingerprint density at radius 1 is 1.12 bits per heavy atom. The minimum atomic E-state index is -0.0726. The maximum atomic E-state index is 11.5. The average molecular weight is 349 g/mol. The van der Waals surface area contributed by atoms with Crippen LogP contribution in [0.5, 0.6) is 0 Å². The van der Waals surface area contributed by atoms with Crippen molar-refractivity contribution in [2.75, 3.05) is 7.05 Å². The van der Waals surface area contributed by atoms with E-state index >= 15 is 0 Å². The van der Waals surface area contributed by atoms with Crippen LogP contribution in [-0.2, 0) is 11.3 Å². The molecule has 134 valence electrons. The number of pyridine rings is 1. The van der Waals surface area contributed by atoms with E-state index < -0.39 is 0 Å². The molecule has 3 aromatic rings. The summed E-state index contributed by atoms with van der Waals surface area (Å²) in [6.45, 7) is 2.37. The Morgan fingerprint density at radius 3 is 2.58 bits per heavy atom. The lowest BCUT2D eigenvalue weighted by Gasteiger charge is -2.25. The summed E-state index contributed by atoms with van der Waals surface area (Å²) in [7, 11) is 2.03. The molecule has 1 aromatic carbocycles. The molecule has 2 aromatic heterocycles. The SMILES string of the molecule is CC(=O)CCC(c1ncc(-c2ccccn2)o1)N(C)Cc1ccccc1. The number of hydrogen-bond donors (Lipinski definition) is 0. The molecule has 26 heavy (non-hydrogen) atoms. The van der Waals surface area contributed by atoms with Crippen LogP contribution in [0, 0.1) is 0 Å². The molecule has 1 atom stereocenters. The van der Waals surface area contributed by atoms with Gasteiger partial charge in [0.2, 0.25) is 5.89 Å².